The quantitative estimate of drug-likeness (QED) is 0.196. The van der Waals surface area contributed by atoms with E-state index in [-0.39, 0.29) is 29.5 Å². The van der Waals surface area contributed by atoms with Crippen LogP contribution in [0, 0.1) is 10.1 Å². The number of nitrogens with zero attached hydrogens (tertiary/aromatic N) is 2. The summed E-state index contributed by atoms with van der Waals surface area (Å²) in [7, 11) is 0. The average Bonchev–Trinajstić information content (AvgIpc) is 3.28. The number of carbonyl (C=O) groups excluding carboxylic acids is 1. The second-order valence-electron chi connectivity index (χ2n) is 6.85. The molecule has 172 valence electrons. The highest BCUT2D eigenvalue weighted by molar-refractivity contribution is 9.10. The Hall–Kier alpha value is -3.89. The fourth-order valence-electron chi connectivity index (χ4n) is 2.87. The third-order valence-electron chi connectivity index (χ3n) is 4.38. The van der Waals surface area contributed by atoms with Crippen LogP contribution >= 0.6 is 27.5 Å². The molecule has 11 heteroatoms. The number of benzene rings is 2. The number of nitrogens with one attached hydrogen (secondary N) is 1. The van der Waals surface area contributed by atoms with Crippen molar-refractivity contribution in [2.24, 2.45) is 0 Å². The molecular formula is C23H15BrClN3O6. The van der Waals surface area contributed by atoms with Crippen LogP contribution in [0.2, 0.25) is 5.02 Å². The van der Waals surface area contributed by atoms with E-state index in [1.807, 2.05) is 0 Å². The smallest absolute Gasteiger partial charge is 0.291 e. The number of non-ortho nitro benzene ring substituents is 1. The molecule has 0 radical (unpaired) electrons. The van der Waals surface area contributed by atoms with Gasteiger partial charge in [-0.3, -0.25) is 19.9 Å². The van der Waals surface area contributed by atoms with Crippen molar-refractivity contribution in [2.45, 2.75) is 6.61 Å². The largest absolute Gasteiger partial charge is 0.484 e. The summed E-state index contributed by atoms with van der Waals surface area (Å²) >= 11 is 9.45. The molecule has 0 unspecified atom stereocenters. The molecule has 4 aromatic rings. The lowest BCUT2D eigenvalue weighted by Gasteiger charge is -2.09. The molecule has 2 heterocycles. The first-order valence-corrected chi connectivity index (χ1v) is 10.9. The number of ether oxygens (including phenoxy) is 2. The van der Waals surface area contributed by atoms with Crippen LogP contribution in [0.25, 0.3) is 0 Å². The van der Waals surface area contributed by atoms with Gasteiger partial charge in [-0.1, -0.05) is 27.5 Å². The Morgan fingerprint density at radius 2 is 2.00 bits per heavy atom. The Bertz CT molecular complexity index is 1350. The Balaban J connectivity index is 1.45. The SMILES string of the molecule is O=C(Nc1cc(Oc2cccnc2)cc([N+](=O)[O-])c1)c1ccc(COc2ccc(Br)cc2Cl)o1. The predicted molar refractivity (Wildman–Crippen MR) is 128 cm³/mol. The molecule has 0 aliphatic rings. The zero-order chi connectivity index (χ0) is 24.1. The minimum Gasteiger partial charge on any atom is -0.484 e. The van der Waals surface area contributed by atoms with Crippen LogP contribution < -0.4 is 14.8 Å². The van der Waals surface area contributed by atoms with Gasteiger partial charge in [0.25, 0.3) is 11.6 Å². The second kappa shape index (κ2) is 10.4. The van der Waals surface area contributed by atoms with Gasteiger partial charge in [0.1, 0.15) is 29.6 Å². The zero-order valence-corrected chi connectivity index (χ0v) is 19.6. The van der Waals surface area contributed by atoms with Gasteiger partial charge in [-0.25, -0.2) is 0 Å². The lowest BCUT2D eigenvalue weighted by atomic mass is 10.2. The maximum Gasteiger partial charge on any atom is 0.291 e. The van der Waals surface area contributed by atoms with Crippen LogP contribution in [-0.4, -0.2) is 15.8 Å². The molecule has 0 saturated heterocycles. The van der Waals surface area contributed by atoms with Crippen molar-refractivity contribution >= 4 is 44.8 Å². The number of pyridine rings is 1. The fourth-order valence-corrected chi connectivity index (χ4v) is 3.60. The van der Waals surface area contributed by atoms with Crippen molar-refractivity contribution in [3.8, 4) is 17.2 Å². The van der Waals surface area contributed by atoms with Gasteiger partial charge in [0.15, 0.2) is 5.76 Å². The van der Waals surface area contributed by atoms with Crippen molar-refractivity contribution in [3.63, 3.8) is 0 Å². The van der Waals surface area contributed by atoms with E-state index in [0.29, 0.717) is 22.3 Å². The molecule has 0 aliphatic carbocycles. The van der Waals surface area contributed by atoms with Crippen molar-refractivity contribution in [3.05, 3.63) is 104 Å². The normalized spacial score (nSPS) is 10.5. The maximum atomic E-state index is 12.7. The number of nitro groups is 1. The van der Waals surface area contributed by atoms with Gasteiger partial charge in [0.2, 0.25) is 0 Å². The second-order valence-corrected chi connectivity index (χ2v) is 8.17. The van der Waals surface area contributed by atoms with Crippen LogP contribution in [0.5, 0.6) is 17.2 Å². The summed E-state index contributed by atoms with van der Waals surface area (Å²) < 4.78 is 17.6. The van der Waals surface area contributed by atoms with Gasteiger partial charge in [0.05, 0.1) is 27.9 Å². The number of nitro benzene ring substituents is 1. The highest BCUT2D eigenvalue weighted by atomic mass is 79.9. The standard InChI is InChI=1S/C23H15BrClN3O6/c24-14-3-5-21(20(25)8-14)32-13-18-4-6-22(34-18)23(29)27-15-9-16(28(30)31)11-19(10-15)33-17-2-1-7-26-12-17/h1-12H,13H2,(H,27,29). The van der Waals surface area contributed by atoms with E-state index in [9.17, 15) is 14.9 Å². The van der Waals surface area contributed by atoms with Gasteiger partial charge in [-0.15, -0.1) is 0 Å². The summed E-state index contributed by atoms with van der Waals surface area (Å²) in [6.07, 6.45) is 3.03. The van der Waals surface area contributed by atoms with E-state index in [1.165, 1.54) is 30.5 Å². The van der Waals surface area contributed by atoms with E-state index < -0.39 is 10.8 Å². The molecular weight excluding hydrogens is 530 g/mol. The first kappa shape index (κ1) is 23.3. The molecule has 9 nitrogen and oxygen atoms in total. The summed E-state index contributed by atoms with van der Waals surface area (Å²) in [4.78, 5) is 27.3. The van der Waals surface area contributed by atoms with E-state index in [1.54, 1.807) is 42.6 Å². The van der Waals surface area contributed by atoms with Crippen LogP contribution in [0.1, 0.15) is 16.3 Å². The summed E-state index contributed by atoms with van der Waals surface area (Å²) in [6.45, 7) is 0.0501. The number of hydrogen-bond donors (Lipinski definition) is 1. The number of amides is 1. The third-order valence-corrected chi connectivity index (χ3v) is 5.17. The molecule has 0 saturated carbocycles. The molecule has 0 fully saturated rings. The molecule has 1 amide bonds. The van der Waals surface area contributed by atoms with Crippen molar-refractivity contribution in [1.29, 1.82) is 0 Å². The molecule has 1 N–H and O–H groups in total. The molecule has 0 bridgehead atoms. The molecule has 2 aromatic heterocycles. The lowest BCUT2D eigenvalue weighted by Crippen LogP contribution is -2.11. The summed E-state index contributed by atoms with van der Waals surface area (Å²) in [5.41, 5.74) is -0.0921. The highest BCUT2D eigenvalue weighted by Gasteiger charge is 2.16. The van der Waals surface area contributed by atoms with E-state index >= 15 is 0 Å². The Morgan fingerprint density at radius 3 is 2.74 bits per heavy atom. The number of hydrogen-bond acceptors (Lipinski definition) is 7. The van der Waals surface area contributed by atoms with Crippen LogP contribution in [0.15, 0.2) is 81.9 Å². The minimum absolute atomic E-state index is 0.00161. The predicted octanol–water partition coefficient (Wildman–Crippen LogP) is 6.62. The molecule has 4 rings (SSSR count). The van der Waals surface area contributed by atoms with Crippen molar-refractivity contribution < 1.29 is 23.6 Å². The zero-order valence-electron chi connectivity index (χ0n) is 17.2. The Morgan fingerprint density at radius 1 is 1.15 bits per heavy atom. The lowest BCUT2D eigenvalue weighted by molar-refractivity contribution is -0.384. The average molecular weight is 545 g/mol. The van der Waals surface area contributed by atoms with Crippen LogP contribution in [0.3, 0.4) is 0 Å². The number of carbonyl (C=O) groups is 1. The highest BCUT2D eigenvalue weighted by Crippen LogP contribution is 2.30. The van der Waals surface area contributed by atoms with Gasteiger partial charge in [-0.05, 0) is 42.5 Å². The molecule has 34 heavy (non-hydrogen) atoms. The first-order valence-electron chi connectivity index (χ1n) is 9.72. The van der Waals surface area contributed by atoms with E-state index in [4.69, 9.17) is 25.5 Å². The van der Waals surface area contributed by atoms with Crippen molar-refractivity contribution in [2.75, 3.05) is 5.32 Å². The first-order chi connectivity index (χ1) is 16.4. The van der Waals surface area contributed by atoms with Gasteiger partial charge < -0.3 is 19.2 Å². The number of anilines is 1. The molecule has 0 spiro atoms. The Labute approximate surface area is 206 Å². The molecule has 0 aliphatic heterocycles. The number of halogens is 2. The molecule has 2 aromatic carbocycles. The number of furan rings is 1. The number of aromatic nitrogens is 1. The minimum atomic E-state index is -0.597. The monoisotopic (exact) mass is 543 g/mol. The number of rotatable bonds is 8. The Kier molecular flexibility index (Phi) is 7.09. The summed E-state index contributed by atoms with van der Waals surface area (Å²) in [5, 5.41) is 14.3. The van der Waals surface area contributed by atoms with Gasteiger partial charge >= 0.3 is 0 Å². The van der Waals surface area contributed by atoms with E-state index in [0.717, 1.165) is 4.47 Å². The van der Waals surface area contributed by atoms with Crippen LogP contribution in [0.4, 0.5) is 11.4 Å². The summed E-state index contributed by atoms with van der Waals surface area (Å²) in [5.74, 6) is 0.815. The van der Waals surface area contributed by atoms with Crippen LogP contribution in [-0.2, 0) is 6.61 Å². The third kappa shape index (κ3) is 5.91. The maximum absolute atomic E-state index is 12.7. The van der Waals surface area contributed by atoms with Crippen molar-refractivity contribution in [1.82, 2.24) is 4.98 Å². The molecule has 0 atom stereocenters. The summed E-state index contributed by atoms with van der Waals surface area (Å²) in [6, 6.07) is 15.5. The van der Waals surface area contributed by atoms with Gasteiger partial charge in [0, 0.05) is 22.8 Å². The topological polar surface area (TPSA) is 117 Å². The fraction of sp³-hybridized carbons (Fsp3) is 0.0435. The van der Waals surface area contributed by atoms with Gasteiger partial charge in [-0.2, -0.15) is 0 Å². The van der Waals surface area contributed by atoms with E-state index in [2.05, 4.69) is 26.2 Å².